The Morgan fingerprint density at radius 3 is 2.42 bits per heavy atom. The van der Waals surface area contributed by atoms with Crippen LogP contribution in [0.5, 0.6) is 0 Å². The highest BCUT2D eigenvalue weighted by atomic mass is 16.4. The standard InChI is InChI=1S/C17H11N6O/c18-15-14(21-13(10-20-15)12-7-4-8-19-9-12)17-23-22-16(24-17)11-5-2-1-3-6-11/h1-10,18H. The molecule has 1 N–H and O–H groups in total. The highest BCUT2D eigenvalue weighted by Crippen LogP contribution is 2.27. The monoisotopic (exact) mass is 315 g/mol. The number of hydrogen-bond acceptors (Lipinski definition) is 6. The van der Waals surface area contributed by atoms with Crippen molar-refractivity contribution in [2.75, 3.05) is 0 Å². The van der Waals surface area contributed by atoms with E-state index in [2.05, 4.69) is 25.1 Å². The average molecular weight is 315 g/mol. The summed E-state index contributed by atoms with van der Waals surface area (Å²) < 4.78 is 5.67. The van der Waals surface area contributed by atoms with Crippen LogP contribution >= 0.6 is 0 Å². The molecule has 1 radical (unpaired) electrons. The van der Waals surface area contributed by atoms with Crippen LogP contribution in [0.25, 0.3) is 34.3 Å². The Morgan fingerprint density at radius 2 is 1.62 bits per heavy atom. The van der Waals surface area contributed by atoms with Gasteiger partial charge in [-0.2, -0.15) is 0 Å². The van der Waals surface area contributed by atoms with Gasteiger partial charge in [0.15, 0.2) is 11.5 Å². The van der Waals surface area contributed by atoms with E-state index in [0.29, 0.717) is 11.6 Å². The van der Waals surface area contributed by atoms with E-state index in [1.807, 2.05) is 42.5 Å². The smallest absolute Gasteiger partial charge is 0.270 e. The molecule has 0 amide bonds. The summed E-state index contributed by atoms with van der Waals surface area (Å²) in [6, 6.07) is 13.1. The zero-order valence-electron chi connectivity index (χ0n) is 12.4. The van der Waals surface area contributed by atoms with Gasteiger partial charge < -0.3 is 4.42 Å². The van der Waals surface area contributed by atoms with Gasteiger partial charge in [-0.3, -0.25) is 10.7 Å². The Kier molecular flexibility index (Phi) is 3.43. The van der Waals surface area contributed by atoms with Gasteiger partial charge in [0.2, 0.25) is 5.89 Å². The predicted octanol–water partition coefficient (Wildman–Crippen LogP) is 3.17. The summed E-state index contributed by atoms with van der Waals surface area (Å²) in [6.07, 6.45) is 4.89. The Labute approximate surface area is 137 Å². The Hall–Kier alpha value is -3.61. The third kappa shape index (κ3) is 2.58. The van der Waals surface area contributed by atoms with Crippen LogP contribution in [-0.4, -0.2) is 25.1 Å². The third-order valence-corrected chi connectivity index (χ3v) is 3.38. The van der Waals surface area contributed by atoms with Gasteiger partial charge in [-0.25, -0.2) is 9.97 Å². The van der Waals surface area contributed by atoms with E-state index in [9.17, 15) is 0 Å². The topological polar surface area (TPSA) is 101 Å². The first-order chi connectivity index (χ1) is 11.8. The van der Waals surface area contributed by atoms with E-state index in [0.717, 1.165) is 11.1 Å². The van der Waals surface area contributed by atoms with Crippen molar-refractivity contribution in [3.8, 4) is 34.3 Å². The molecule has 0 unspecified atom stereocenters. The first-order valence-electron chi connectivity index (χ1n) is 7.19. The Bertz CT molecular complexity index is 969. The summed E-state index contributed by atoms with van der Waals surface area (Å²) >= 11 is 0. The maximum absolute atomic E-state index is 7.96. The summed E-state index contributed by atoms with van der Waals surface area (Å²) in [6.45, 7) is 0. The minimum Gasteiger partial charge on any atom is -0.414 e. The van der Waals surface area contributed by atoms with Crippen molar-refractivity contribution in [1.29, 1.82) is 0 Å². The summed E-state index contributed by atoms with van der Waals surface area (Å²) in [5.41, 5.74) is 10.4. The van der Waals surface area contributed by atoms with Crippen molar-refractivity contribution in [1.82, 2.24) is 30.9 Å². The van der Waals surface area contributed by atoms with E-state index in [1.54, 1.807) is 12.4 Å². The third-order valence-electron chi connectivity index (χ3n) is 3.38. The number of hydrogen-bond donors (Lipinski definition) is 0. The average Bonchev–Trinajstić information content (AvgIpc) is 3.13. The minimum atomic E-state index is -0.0223. The van der Waals surface area contributed by atoms with Gasteiger partial charge in [-0.05, 0) is 24.3 Å². The molecule has 0 fully saturated rings. The van der Waals surface area contributed by atoms with Gasteiger partial charge >= 0.3 is 0 Å². The maximum Gasteiger partial charge on any atom is 0.270 e. The molecule has 3 aromatic heterocycles. The van der Waals surface area contributed by atoms with Crippen LogP contribution in [-0.2, 0) is 0 Å². The Balaban J connectivity index is 1.76. The first-order valence-corrected chi connectivity index (χ1v) is 7.19. The van der Waals surface area contributed by atoms with Crippen molar-refractivity contribution in [3.05, 3.63) is 61.1 Å². The van der Waals surface area contributed by atoms with Gasteiger partial charge in [-0.1, -0.05) is 18.2 Å². The number of nitrogens with one attached hydrogen (secondary N) is 1. The molecule has 0 spiro atoms. The van der Waals surface area contributed by atoms with E-state index in [1.165, 1.54) is 6.20 Å². The number of aromatic nitrogens is 5. The number of nitrogens with zero attached hydrogens (tertiary/aromatic N) is 5. The predicted molar refractivity (Wildman–Crippen MR) is 86.7 cm³/mol. The molecular formula is C17H11N6O. The molecule has 0 atom stereocenters. The van der Waals surface area contributed by atoms with Crippen molar-refractivity contribution in [3.63, 3.8) is 0 Å². The number of pyridine rings is 1. The SMILES string of the molecule is [NH]c1ncc(-c2cccnc2)nc1-c1nnc(-c2ccccc2)o1. The van der Waals surface area contributed by atoms with Gasteiger partial charge in [0.1, 0.15) is 0 Å². The van der Waals surface area contributed by atoms with Gasteiger partial charge in [-0.15, -0.1) is 10.2 Å². The summed E-state index contributed by atoms with van der Waals surface area (Å²) in [7, 11) is 0. The number of benzene rings is 1. The van der Waals surface area contributed by atoms with Gasteiger partial charge in [0, 0.05) is 23.5 Å². The molecule has 4 aromatic rings. The van der Waals surface area contributed by atoms with E-state index in [-0.39, 0.29) is 17.4 Å². The molecule has 7 nitrogen and oxygen atoms in total. The number of rotatable bonds is 3. The van der Waals surface area contributed by atoms with Crippen LogP contribution in [0.4, 0.5) is 5.82 Å². The molecular weight excluding hydrogens is 304 g/mol. The molecule has 0 bridgehead atoms. The Morgan fingerprint density at radius 1 is 0.833 bits per heavy atom. The molecule has 0 aliphatic carbocycles. The molecule has 3 heterocycles. The molecule has 7 heteroatoms. The van der Waals surface area contributed by atoms with Crippen LogP contribution in [0.3, 0.4) is 0 Å². The highest BCUT2D eigenvalue weighted by Gasteiger charge is 2.17. The fourth-order valence-electron chi connectivity index (χ4n) is 2.21. The minimum absolute atomic E-state index is 0.0223. The van der Waals surface area contributed by atoms with Crippen LogP contribution in [0.1, 0.15) is 0 Å². The summed E-state index contributed by atoms with van der Waals surface area (Å²) in [5, 5.41) is 8.03. The molecule has 0 saturated heterocycles. The lowest BCUT2D eigenvalue weighted by Crippen LogP contribution is -1.94. The molecule has 115 valence electrons. The highest BCUT2D eigenvalue weighted by molar-refractivity contribution is 5.67. The summed E-state index contributed by atoms with van der Waals surface area (Å²) in [5.74, 6) is 0.515. The van der Waals surface area contributed by atoms with Crippen LogP contribution in [0, 0.1) is 0 Å². The van der Waals surface area contributed by atoms with E-state index in [4.69, 9.17) is 10.2 Å². The molecule has 0 aliphatic rings. The van der Waals surface area contributed by atoms with Crippen molar-refractivity contribution >= 4 is 5.82 Å². The molecule has 0 aliphatic heterocycles. The zero-order chi connectivity index (χ0) is 16.4. The maximum atomic E-state index is 7.96. The van der Waals surface area contributed by atoms with Crippen molar-refractivity contribution in [2.24, 2.45) is 0 Å². The second-order valence-corrected chi connectivity index (χ2v) is 4.97. The normalized spacial score (nSPS) is 10.7. The molecule has 4 rings (SSSR count). The van der Waals surface area contributed by atoms with E-state index < -0.39 is 0 Å². The largest absolute Gasteiger partial charge is 0.414 e. The van der Waals surface area contributed by atoms with Crippen LogP contribution in [0.2, 0.25) is 0 Å². The second-order valence-electron chi connectivity index (χ2n) is 4.97. The quantitative estimate of drug-likeness (QED) is 0.575. The lowest BCUT2D eigenvalue weighted by molar-refractivity contribution is 0.582. The molecule has 0 saturated carbocycles. The fourth-order valence-corrected chi connectivity index (χ4v) is 2.21. The molecule has 1 aromatic carbocycles. The van der Waals surface area contributed by atoms with Crippen LogP contribution < -0.4 is 5.73 Å². The lowest BCUT2D eigenvalue weighted by Gasteiger charge is -2.03. The first kappa shape index (κ1) is 14.0. The van der Waals surface area contributed by atoms with Crippen molar-refractivity contribution < 1.29 is 4.42 Å². The van der Waals surface area contributed by atoms with Crippen LogP contribution in [0.15, 0.2) is 65.5 Å². The summed E-state index contributed by atoms with van der Waals surface area (Å²) in [4.78, 5) is 12.6. The lowest BCUT2D eigenvalue weighted by atomic mass is 10.2. The van der Waals surface area contributed by atoms with Gasteiger partial charge in [0.25, 0.3) is 5.89 Å². The second kappa shape index (κ2) is 5.88. The van der Waals surface area contributed by atoms with E-state index >= 15 is 0 Å². The zero-order valence-corrected chi connectivity index (χ0v) is 12.4. The van der Waals surface area contributed by atoms with Gasteiger partial charge in [0.05, 0.1) is 11.9 Å². The fraction of sp³-hybridized carbons (Fsp3) is 0. The molecule has 24 heavy (non-hydrogen) atoms. The van der Waals surface area contributed by atoms with Crippen molar-refractivity contribution in [2.45, 2.75) is 0 Å².